The van der Waals surface area contributed by atoms with Crippen LogP contribution in [0.15, 0.2) is 52.8 Å². The smallest absolute Gasteiger partial charge is 0.422 e. The minimum absolute atomic E-state index is 0.207. The summed E-state index contributed by atoms with van der Waals surface area (Å²) in [6.45, 7) is 1.86. The first-order valence-electron chi connectivity index (χ1n) is 9.46. The highest BCUT2D eigenvalue weighted by molar-refractivity contribution is 7.99. The summed E-state index contributed by atoms with van der Waals surface area (Å²) >= 11 is 1.32. The third kappa shape index (κ3) is 7.48. The Bertz CT molecular complexity index is 1030. The maximum Gasteiger partial charge on any atom is 0.422 e. The predicted molar refractivity (Wildman–Crippen MR) is 110 cm³/mol. The quantitative estimate of drug-likeness (QED) is 0.207. The van der Waals surface area contributed by atoms with Crippen LogP contribution in [0.2, 0.25) is 0 Å². The molecule has 0 amide bonds. The fourth-order valence-corrected chi connectivity index (χ4v) is 3.23. The lowest BCUT2D eigenvalue weighted by atomic mass is 10.2. The second kappa shape index (κ2) is 10.2. The standard InChI is InChI=1S/C20H19F5N4O3S/c1-3-7-33-18-28-27-17(29(18)10-14-5-4-6-30-14)13-8-15(31-11-19(2,21)22)26-16(9-13)32-12-20(23,24)25/h3-6,8-9H,1,7,10-12H2,2H3. The van der Waals surface area contributed by atoms with E-state index in [-0.39, 0.29) is 23.8 Å². The summed E-state index contributed by atoms with van der Waals surface area (Å²) in [5, 5.41) is 8.74. The molecule has 0 atom stereocenters. The Hall–Kier alpha value is -3.09. The largest absolute Gasteiger partial charge is 0.471 e. The van der Waals surface area contributed by atoms with Crippen molar-refractivity contribution in [1.82, 2.24) is 19.7 Å². The van der Waals surface area contributed by atoms with Crippen LogP contribution in [0.3, 0.4) is 0 Å². The number of ether oxygens (including phenoxy) is 2. The number of halogens is 5. The number of hydrogen-bond donors (Lipinski definition) is 0. The van der Waals surface area contributed by atoms with Gasteiger partial charge < -0.3 is 13.9 Å². The first-order chi connectivity index (χ1) is 15.5. The number of rotatable bonds is 11. The Balaban J connectivity index is 2.01. The van der Waals surface area contributed by atoms with Crippen molar-refractivity contribution in [3.8, 4) is 23.1 Å². The van der Waals surface area contributed by atoms with Crippen molar-refractivity contribution in [1.29, 1.82) is 0 Å². The molecule has 0 aromatic carbocycles. The van der Waals surface area contributed by atoms with Crippen LogP contribution in [0.25, 0.3) is 11.4 Å². The van der Waals surface area contributed by atoms with E-state index < -0.39 is 31.2 Å². The van der Waals surface area contributed by atoms with Crippen molar-refractivity contribution in [3.05, 3.63) is 48.9 Å². The molecule has 13 heteroatoms. The van der Waals surface area contributed by atoms with Crippen molar-refractivity contribution in [2.24, 2.45) is 0 Å². The van der Waals surface area contributed by atoms with Gasteiger partial charge in [0.25, 0.3) is 5.92 Å². The predicted octanol–water partition coefficient (Wildman–Crippen LogP) is 5.23. The highest BCUT2D eigenvalue weighted by atomic mass is 32.2. The molecule has 33 heavy (non-hydrogen) atoms. The average Bonchev–Trinajstić information content (AvgIpc) is 3.38. The van der Waals surface area contributed by atoms with Gasteiger partial charge in [-0.1, -0.05) is 17.8 Å². The number of furan rings is 1. The summed E-state index contributed by atoms with van der Waals surface area (Å²) in [6, 6.07) is 5.90. The fourth-order valence-electron chi connectivity index (χ4n) is 2.56. The minimum atomic E-state index is -4.62. The number of aromatic nitrogens is 4. The number of hydrogen-bond acceptors (Lipinski definition) is 7. The maximum absolute atomic E-state index is 13.3. The molecular formula is C20H19F5N4O3S. The fraction of sp³-hybridized carbons (Fsp3) is 0.350. The monoisotopic (exact) mass is 490 g/mol. The number of nitrogens with zero attached hydrogens (tertiary/aromatic N) is 4. The van der Waals surface area contributed by atoms with E-state index in [1.54, 1.807) is 22.8 Å². The third-order valence-corrected chi connectivity index (χ3v) is 4.80. The van der Waals surface area contributed by atoms with Crippen molar-refractivity contribution >= 4 is 11.8 Å². The van der Waals surface area contributed by atoms with Crippen LogP contribution in [0.4, 0.5) is 22.0 Å². The zero-order chi connectivity index (χ0) is 24.1. The van der Waals surface area contributed by atoms with Crippen LogP contribution in [0.5, 0.6) is 11.8 Å². The van der Waals surface area contributed by atoms with Crippen molar-refractivity contribution < 1.29 is 35.8 Å². The van der Waals surface area contributed by atoms with Gasteiger partial charge in [0.05, 0.1) is 12.8 Å². The van der Waals surface area contributed by atoms with Crippen LogP contribution in [0.1, 0.15) is 12.7 Å². The van der Waals surface area contributed by atoms with Gasteiger partial charge in [0, 0.05) is 30.4 Å². The van der Waals surface area contributed by atoms with Gasteiger partial charge in [-0.15, -0.1) is 16.8 Å². The van der Waals surface area contributed by atoms with Crippen LogP contribution in [0, 0.1) is 0 Å². The summed E-state index contributed by atoms with van der Waals surface area (Å²) in [4.78, 5) is 3.75. The van der Waals surface area contributed by atoms with Gasteiger partial charge in [0.15, 0.2) is 24.2 Å². The molecule has 3 aromatic rings. The van der Waals surface area contributed by atoms with Crippen LogP contribution >= 0.6 is 11.8 Å². The van der Waals surface area contributed by atoms with E-state index in [1.807, 2.05) is 0 Å². The van der Waals surface area contributed by atoms with Gasteiger partial charge in [-0.05, 0) is 12.1 Å². The van der Waals surface area contributed by atoms with E-state index in [9.17, 15) is 22.0 Å². The molecule has 0 saturated carbocycles. The van der Waals surface area contributed by atoms with E-state index in [4.69, 9.17) is 13.9 Å². The van der Waals surface area contributed by atoms with Crippen molar-refractivity contribution in [2.45, 2.75) is 30.7 Å². The van der Waals surface area contributed by atoms with Gasteiger partial charge in [-0.3, -0.25) is 4.57 Å². The van der Waals surface area contributed by atoms with E-state index in [1.165, 1.54) is 30.2 Å². The van der Waals surface area contributed by atoms with Crippen LogP contribution in [-0.2, 0) is 6.54 Å². The number of thioether (sulfide) groups is 1. The molecule has 0 N–H and O–H groups in total. The Morgan fingerprint density at radius 3 is 2.39 bits per heavy atom. The Kier molecular flexibility index (Phi) is 7.61. The highest BCUT2D eigenvalue weighted by Gasteiger charge is 2.29. The number of pyridine rings is 1. The summed E-state index contributed by atoms with van der Waals surface area (Å²) in [7, 11) is 0. The first-order valence-corrected chi connectivity index (χ1v) is 10.4. The Morgan fingerprint density at radius 2 is 1.82 bits per heavy atom. The van der Waals surface area contributed by atoms with Gasteiger partial charge in [0.2, 0.25) is 11.8 Å². The SMILES string of the molecule is C=CCSc1nnc(-c2cc(OCC(C)(F)F)nc(OCC(F)(F)F)c2)n1Cc1ccco1. The normalized spacial score (nSPS) is 12.1. The third-order valence-electron chi connectivity index (χ3n) is 3.83. The summed E-state index contributed by atoms with van der Waals surface area (Å²) in [5.74, 6) is -2.68. The summed E-state index contributed by atoms with van der Waals surface area (Å²) in [5.41, 5.74) is 0.209. The zero-order valence-electron chi connectivity index (χ0n) is 17.3. The van der Waals surface area contributed by atoms with Crippen LogP contribution in [-0.4, -0.2) is 50.8 Å². The average molecular weight is 490 g/mol. The van der Waals surface area contributed by atoms with E-state index >= 15 is 0 Å². The maximum atomic E-state index is 13.3. The second-order valence-electron chi connectivity index (χ2n) is 6.87. The molecule has 0 bridgehead atoms. The van der Waals surface area contributed by atoms with Gasteiger partial charge in [-0.25, -0.2) is 8.78 Å². The molecule has 178 valence electrons. The Labute approximate surface area is 189 Å². The molecule has 7 nitrogen and oxygen atoms in total. The molecule has 0 saturated heterocycles. The van der Waals surface area contributed by atoms with Gasteiger partial charge >= 0.3 is 6.18 Å². The molecule has 0 aliphatic rings. The molecule has 0 spiro atoms. The van der Waals surface area contributed by atoms with E-state index in [0.717, 1.165) is 0 Å². The van der Waals surface area contributed by atoms with Crippen LogP contribution < -0.4 is 9.47 Å². The van der Waals surface area contributed by atoms with Crippen molar-refractivity contribution in [3.63, 3.8) is 0 Å². The molecule has 0 fully saturated rings. The second-order valence-corrected chi connectivity index (χ2v) is 7.85. The van der Waals surface area contributed by atoms with E-state index in [2.05, 4.69) is 21.8 Å². The van der Waals surface area contributed by atoms with E-state index in [0.29, 0.717) is 23.6 Å². The minimum Gasteiger partial charge on any atom is -0.471 e. The molecule has 0 aliphatic heterocycles. The summed E-state index contributed by atoms with van der Waals surface area (Å²) < 4.78 is 81.2. The Morgan fingerprint density at radius 1 is 1.12 bits per heavy atom. The zero-order valence-corrected chi connectivity index (χ0v) is 18.1. The first kappa shape index (κ1) is 24.6. The molecule has 0 aliphatic carbocycles. The molecule has 3 rings (SSSR count). The molecular weight excluding hydrogens is 471 g/mol. The molecule has 0 radical (unpaired) electrons. The lowest BCUT2D eigenvalue weighted by Gasteiger charge is -2.15. The number of alkyl halides is 5. The van der Waals surface area contributed by atoms with Gasteiger partial charge in [0.1, 0.15) is 5.76 Å². The lowest BCUT2D eigenvalue weighted by Crippen LogP contribution is -2.22. The summed E-state index contributed by atoms with van der Waals surface area (Å²) in [6.07, 6.45) is -1.46. The van der Waals surface area contributed by atoms with Crippen molar-refractivity contribution in [2.75, 3.05) is 19.0 Å². The molecule has 3 heterocycles. The topological polar surface area (TPSA) is 75.2 Å². The molecule has 0 unspecified atom stereocenters. The molecule has 3 aromatic heterocycles. The highest BCUT2D eigenvalue weighted by Crippen LogP contribution is 2.31. The lowest BCUT2D eigenvalue weighted by molar-refractivity contribution is -0.154. The van der Waals surface area contributed by atoms with Gasteiger partial charge in [-0.2, -0.15) is 18.2 Å².